The average molecular weight is 213 g/mol. The van der Waals surface area contributed by atoms with E-state index in [9.17, 15) is 0 Å². The Bertz CT molecular complexity index is 134. The van der Waals surface area contributed by atoms with Gasteiger partial charge in [-0.3, -0.25) is 0 Å². The first kappa shape index (κ1) is 13.0. The first-order chi connectivity index (χ1) is 7.43. The molecule has 0 aromatic rings. The van der Waals surface area contributed by atoms with Crippen LogP contribution in [0, 0.1) is 5.92 Å². The third-order valence-corrected chi connectivity index (χ3v) is 3.18. The lowest BCUT2D eigenvalue weighted by atomic mass is 10.0. The second-order valence-electron chi connectivity index (χ2n) is 4.69. The Hall–Kier alpha value is -0.0800. The molecule has 2 nitrogen and oxygen atoms in total. The largest absolute Gasteiger partial charge is 0.381 e. The van der Waals surface area contributed by atoms with Gasteiger partial charge in [-0.15, -0.1) is 0 Å². The Morgan fingerprint density at radius 1 is 1.00 bits per heavy atom. The molecule has 0 amide bonds. The van der Waals surface area contributed by atoms with Crippen LogP contribution in [0.15, 0.2) is 0 Å². The van der Waals surface area contributed by atoms with Crippen molar-refractivity contribution in [3.8, 4) is 0 Å². The molecule has 1 aliphatic heterocycles. The molecule has 1 fully saturated rings. The SMILES string of the molecule is CCCCCCCCOCCC1CNC1. The van der Waals surface area contributed by atoms with Crippen molar-refractivity contribution in [1.29, 1.82) is 0 Å². The molecule has 1 aliphatic rings. The van der Waals surface area contributed by atoms with Crippen molar-refractivity contribution in [2.24, 2.45) is 5.92 Å². The quantitative estimate of drug-likeness (QED) is 0.563. The minimum Gasteiger partial charge on any atom is -0.381 e. The molecule has 0 aliphatic carbocycles. The number of hydrogen-bond acceptors (Lipinski definition) is 2. The molecule has 2 heteroatoms. The summed E-state index contributed by atoms with van der Waals surface area (Å²) in [5, 5.41) is 3.29. The predicted molar refractivity (Wildman–Crippen MR) is 65.2 cm³/mol. The van der Waals surface area contributed by atoms with E-state index in [1.54, 1.807) is 0 Å². The summed E-state index contributed by atoms with van der Waals surface area (Å²) in [7, 11) is 0. The zero-order valence-electron chi connectivity index (χ0n) is 10.3. The zero-order valence-corrected chi connectivity index (χ0v) is 10.3. The smallest absolute Gasteiger partial charge is 0.0469 e. The van der Waals surface area contributed by atoms with Crippen molar-refractivity contribution in [3.63, 3.8) is 0 Å². The summed E-state index contributed by atoms with van der Waals surface area (Å²) in [5.41, 5.74) is 0. The highest BCUT2D eigenvalue weighted by atomic mass is 16.5. The number of unbranched alkanes of at least 4 members (excludes halogenated alkanes) is 5. The number of ether oxygens (including phenoxy) is 1. The van der Waals surface area contributed by atoms with Gasteiger partial charge >= 0.3 is 0 Å². The fourth-order valence-electron chi connectivity index (χ4n) is 1.89. The molecule has 0 bridgehead atoms. The van der Waals surface area contributed by atoms with Gasteiger partial charge in [0, 0.05) is 13.2 Å². The van der Waals surface area contributed by atoms with Gasteiger partial charge in [0.05, 0.1) is 0 Å². The van der Waals surface area contributed by atoms with Crippen LogP contribution in [-0.2, 0) is 4.74 Å². The molecule has 0 spiro atoms. The van der Waals surface area contributed by atoms with E-state index in [0.717, 1.165) is 19.1 Å². The Labute approximate surface area is 94.8 Å². The van der Waals surface area contributed by atoms with E-state index in [1.807, 2.05) is 0 Å². The molecular formula is C13H27NO. The maximum absolute atomic E-state index is 5.62. The number of nitrogens with one attached hydrogen (secondary N) is 1. The molecule has 1 N–H and O–H groups in total. The van der Waals surface area contributed by atoms with Gasteiger partial charge in [-0.25, -0.2) is 0 Å². The van der Waals surface area contributed by atoms with E-state index in [4.69, 9.17) is 4.74 Å². The lowest BCUT2D eigenvalue weighted by molar-refractivity contribution is 0.108. The molecule has 0 radical (unpaired) electrons. The van der Waals surface area contributed by atoms with Gasteiger partial charge in [0.15, 0.2) is 0 Å². The summed E-state index contributed by atoms with van der Waals surface area (Å²) in [6.07, 6.45) is 9.40. The van der Waals surface area contributed by atoms with Gasteiger partial charge in [0.25, 0.3) is 0 Å². The first-order valence-corrected chi connectivity index (χ1v) is 6.72. The molecule has 1 heterocycles. The molecule has 0 saturated carbocycles. The maximum atomic E-state index is 5.62. The minimum atomic E-state index is 0.898. The lowest BCUT2D eigenvalue weighted by Gasteiger charge is -2.26. The van der Waals surface area contributed by atoms with Crippen LogP contribution in [-0.4, -0.2) is 26.3 Å². The Morgan fingerprint density at radius 3 is 2.40 bits per heavy atom. The standard InChI is InChI=1S/C13H27NO/c1-2-3-4-5-6-7-9-15-10-8-13-11-14-12-13/h13-14H,2-12H2,1H3. The summed E-state index contributed by atoms with van der Waals surface area (Å²) in [5.74, 6) is 0.898. The van der Waals surface area contributed by atoms with Crippen LogP contribution in [0.25, 0.3) is 0 Å². The second kappa shape index (κ2) is 9.17. The first-order valence-electron chi connectivity index (χ1n) is 6.72. The molecule has 0 atom stereocenters. The normalized spacial score (nSPS) is 16.6. The van der Waals surface area contributed by atoms with Gasteiger partial charge in [0.1, 0.15) is 0 Å². The number of rotatable bonds is 10. The van der Waals surface area contributed by atoms with Gasteiger partial charge in [0.2, 0.25) is 0 Å². The molecule has 90 valence electrons. The van der Waals surface area contributed by atoms with Crippen LogP contribution in [0.2, 0.25) is 0 Å². The molecule has 0 aromatic heterocycles. The van der Waals surface area contributed by atoms with Crippen LogP contribution in [0.3, 0.4) is 0 Å². The molecule has 15 heavy (non-hydrogen) atoms. The van der Waals surface area contributed by atoms with E-state index >= 15 is 0 Å². The molecule has 1 saturated heterocycles. The van der Waals surface area contributed by atoms with Crippen molar-refractivity contribution >= 4 is 0 Å². The van der Waals surface area contributed by atoms with Crippen molar-refractivity contribution in [3.05, 3.63) is 0 Å². The van der Waals surface area contributed by atoms with Gasteiger partial charge < -0.3 is 10.1 Å². The fraction of sp³-hybridized carbons (Fsp3) is 1.00. The Balaban J connectivity index is 1.66. The molecule has 1 rings (SSSR count). The lowest BCUT2D eigenvalue weighted by Crippen LogP contribution is -2.42. The summed E-state index contributed by atoms with van der Waals surface area (Å²) in [6.45, 7) is 6.63. The zero-order chi connectivity index (χ0) is 10.8. The van der Waals surface area contributed by atoms with E-state index in [2.05, 4.69) is 12.2 Å². The average Bonchev–Trinajstić information content (AvgIpc) is 2.18. The molecular weight excluding hydrogens is 186 g/mol. The van der Waals surface area contributed by atoms with Crippen molar-refractivity contribution < 1.29 is 4.74 Å². The summed E-state index contributed by atoms with van der Waals surface area (Å²) >= 11 is 0. The monoisotopic (exact) mass is 213 g/mol. The van der Waals surface area contributed by atoms with Crippen molar-refractivity contribution in [2.75, 3.05) is 26.3 Å². The van der Waals surface area contributed by atoms with E-state index in [1.165, 1.54) is 58.0 Å². The van der Waals surface area contributed by atoms with Gasteiger partial charge in [-0.2, -0.15) is 0 Å². The second-order valence-corrected chi connectivity index (χ2v) is 4.69. The minimum absolute atomic E-state index is 0.898. The van der Waals surface area contributed by atoms with E-state index in [0.29, 0.717) is 0 Å². The van der Waals surface area contributed by atoms with Crippen LogP contribution in [0.5, 0.6) is 0 Å². The van der Waals surface area contributed by atoms with E-state index in [-0.39, 0.29) is 0 Å². The Kier molecular flexibility index (Phi) is 7.94. The highest BCUT2D eigenvalue weighted by Gasteiger charge is 2.15. The summed E-state index contributed by atoms with van der Waals surface area (Å²) in [6, 6.07) is 0. The van der Waals surface area contributed by atoms with Gasteiger partial charge in [-0.1, -0.05) is 39.0 Å². The van der Waals surface area contributed by atoms with Crippen LogP contribution in [0.1, 0.15) is 51.9 Å². The van der Waals surface area contributed by atoms with Crippen molar-refractivity contribution in [1.82, 2.24) is 5.32 Å². The number of hydrogen-bond donors (Lipinski definition) is 1. The topological polar surface area (TPSA) is 21.3 Å². The third-order valence-electron chi connectivity index (χ3n) is 3.18. The highest BCUT2D eigenvalue weighted by Crippen LogP contribution is 2.08. The maximum Gasteiger partial charge on any atom is 0.0469 e. The molecule has 0 unspecified atom stereocenters. The highest BCUT2D eigenvalue weighted by molar-refractivity contribution is 4.73. The van der Waals surface area contributed by atoms with Gasteiger partial charge in [-0.05, 0) is 31.8 Å². The van der Waals surface area contributed by atoms with Crippen LogP contribution >= 0.6 is 0 Å². The Morgan fingerprint density at radius 2 is 1.73 bits per heavy atom. The summed E-state index contributed by atoms with van der Waals surface area (Å²) in [4.78, 5) is 0. The fourth-order valence-corrected chi connectivity index (χ4v) is 1.89. The predicted octanol–water partition coefficient (Wildman–Crippen LogP) is 2.97. The third kappa shape index (κ3) is 6.91. The van der Waals surface area contributed by atoms with Crippen LogP contribution in [0.4, 0.5) is 0 Å². The van der Waals surface area contributed by atoms with Crippen molar-refractivity contribution in [2.45, 2.75) is 51.9 Å². The van der Waals surface area contributed by atoms with E-state index < -0.39 is 0 Å². The van der Waals surface area contributed by atoms with Crippen LogP contribution < -0.4 is 5.32 Å². The summed E-state index contributed by atoms with van der Waals surface area (Å²) < 4.78 is 5.62. The molecule has 0 aromatic carbocycles.